The maximum Gasteiger partial charge on any atom is 0.156 e. The molecule has 3 nitrogen and oxygen atoms in total. The first-order valence-corrected chi connectivity index (χ1v) is 9.02. The molecule has 0 aliphatic carbocycles. The predicted octanol–water partition coefficient (Wildman–Crippen LogP) is 3.86. The lowest BCUT2D eigenvalue weighted by atomic mass is 10.2. The van der Waals surface area contributed by atoms with E-state index in [4.69, 9.17) is 9.47 Å². The summed E-state index contributed by atoms with van der Waals surface area (Å²) in [5, 5.41) is 11.7. The van der Waals surface area contributed by atoms with Gasteiger partial charge in [0.1, 0.15) is 0 Å². The van der Waals surface area contributed by atoms with Crippen LogP contribution in [0.3, 0.4) is 0 Å². The van der Waals surface area contributed by atoms with E-state index in [-0.39, 0.29) is 6.10 Å². The number of alkyl halides is 2. The Morgan fingerprint density at radius 3 is 2.00 bits per heavy atom. The van der Waals surface area contributed by atoms with Crippen molar-refractivity contribution in [2.75, 3.05) is 23.9 Å². The second-order valence-corrected chi connectivity index (χ2v) is 5.84. The number of unbranched alkanes of at least 4 members (excludes halogenated alkanes) is 2. The van der Waals surface area contributed by atoms with Crippen LogP contribution in [0.1, 0.15) is 45.4 Å². The lowest BCUT2D eigenvalue weighted by Gasteiger charge is -2.20. The molecule has 0 heterocycles. The van der Waals surface area contributed by atoms with Crippen molar-refractivity contribution in [1.29, 1.82) is 0 Å². The van der Waals surface area contributed by atoms with Crippen LogP contribution in [0.2, 0.25) is 0 Å². The first kappa shape index (κ1) is 18.8. The standard InChI is InChI=1S/C13H26Br2O3/c1-2-12(17-9-5-3-7-14)11-13(16)18-10-6-4-8-15/h12-13,16H,2-11H2,1H3. The van der Waals surface area contributed by atoms with Crippen molar-refractivity contribution in [3.05, 3.63) is 0 Å². The molecular formula is C13H26Br2O3. The molecule has 0 aromatic rings. The van der Waals surface area contributed by atoms with Gasteiger partial charge < -0.3 is 14.6 Å². The number of aliphatic hydroxyl groups is 1. The zero-order valence-electron chi connectivity index (χ0n) is 11.2. The van der Waals surface area contributed by atoms with Crippen LogP contribution in [0.4, 0.5) is 0 Å². The van der Waals surface area contributed by atoms with Crippen LogP contribution in [0, 0.1) is 0 Å². The fourth-order valence-corrected chi connectivity index (χ4v) is 2.30. The van der Waals surface area contributed by atoms with Gasteiger partial charge in [-0.3, -0.25) is 0 Å². The van der Waals surface area contributed by atoms with E-state index in [2.05, 4.69) is 38.8 Å². The summed E-state index contributed by atoms with van der Waals surface area (Å²) >= 11 is 6.76. The van der Waals surface area contributed by atoms with Crippen molar-refractivity contribution >= 4 is 31.9 Å². The summed E-state index contributed by atoms with van der Waals surface area (Å²) in [6.07, 6.45) is 5.13. The molecule has 0 rings (SSSR count). The minimum atomic E-state index is -0.693. The molecule has 0 bridgehead atoms. The van der Waals surface area contributed by atoms with Crippen molar-refractivity contribution in [3.63, 3.8) is 0 Å². The molecule has 0 saturated heterocycles. The van der Waals surface area contributed by atoms with Crippen LogP contribution in [0.25, 0.3) is 0 Å². The van der Waals surface area contributed by atoms with E-state index in [9.17, 15) is 5.11 Å². The SMILES string of the molecule is CCC(CC(O)OCCCCBr)OCCCCBr. The van der Waals surface area contributed by atoms with Gasteiger partial charge in [0.15, 0.2) is 6.29 Å². The van der Waals surface area contributed by atoms with Gasteiger partial charge in [-0.2, -0.15) is 0 Å². The maximum atomic E-state index is 9.73. The fraction of sp³-hybridized carbons (Fsp3) is 1.00. The van der Waals surface area contributed by atoms with Gasteiger partial charge in [-0.25, -0.2) is 0 Å². The van der Waals surface area contributed by atoms with Crippen molar-refractivity contribution in [2.24, 2.45) is 0 Å². The van der Waals surface area contributed by atoms with Crippen molar-refractivity contribution in [3.8, 4) is 0 Å². The van der Waals surface area contributed by atoms with Gasteiger partial charge in [0.2, 0.25) is 0 Å². The van der Waals surface area contributed by atoms with E-state index in [1.54, 1.807) is 0 Å². The second kappa shape index (κ2) is 14.3. The number of halogens is 2. The molecule has 0 saturated carbocycles. The molecule has 0 spiro atoms. The predicted molar refractivity (Wildman–Crippen MR) is 82.7 cm³/mol. The van der Waals surface area contributed by atoms with E-state index in [0.29, 0.717) is 13.0 Å². The lowest BCUT2D eigenvalue weighted by Crippen LogP contribution is -2.23. The Morgan fingerprint density at radius 1 is 0.944 bits per heavy atom. The van der Waals surface area contributed by atoms with Gasteiger partial charge in [0.25, 0.3) is 0 Å². The van der Waals surface area contributed by atoms with Crippen LogP contribution in [-0.4, -0.2) is 41.4 Å². The number of hydrogen-bond donors (Lipinski definition) is 1. The molecule has 2 atom stereocenters. The summed E-state index contributed by atoms with van der Waals surface area (Å²) in [6.45, 7) is 3.46. The normalized spacial score (nSPS) is 14.7. The molecule has 18 heavy (non-hydrogen) atoms. The number of aliphatic hydroxyl groups excluding tert-OH is 1. The first-order valence-electron chi connectivity index (χ1n) is 6.77. The minimum Gasteiger partial charge on any atom is -0.378 e. The largest absolute Gasteiger partial charge is 0.378 e. The monoisotopic (exact) mass is 388 g/mol. The molecular weight excluding hydrogens is 364 g/mol. The van der Waals surface area contributed by atoms with Crippen LogP contribution < -0.4 is 0 Å². The summed E-state index contributed by atoms with van der Waals surface area (Å²) in [6, 6.07) is 0. The van der Waals surface area contributed by atoms with E-state index in [1.807, 2.05) is 0 Å². The van der Waals surface area contributed by atoms with Gasteiger partial charge in [-0.15, -0.1) is 0 Å². The molecule has 0 aliphatic rings. The number of hydrogen-bond acceptors (Lipinski definition) is 3. The summed E-state index contributed by atoms with van der Waals surface area (Å²) < 4.78 is 11.1. The van der Waals surface area contributed by atoms with Gasteiger partial charge >= 0.3 is 0 Å². The highest BCUT2D eigenvalue weighted by Crippen LogP contribution is 2.10. The first-order chi connectivity index (χ1) is 8.74. The molecule has 0 aromatic heterocycles. The van der Waals surface area contributed by atoms with Gasteiger partial charge in [0, 0.05) is 30.3 Å². The Kier molecular flexibility index (Phi) is 14.9. The molecule has 0 radical (unpaired) electrons. The molecule has 110 valence electrons. The molecule has 0 amide bonds. The van der Waals surface area contributed by atoms with Crippen LogP contribution in [-0.2, 0) is 9.47 Å². The Bertz CT molecular complexity index is 170. The van der Waals surface area contributed by atoms with Crippen molar-refractivity contribution in [1.82, 2.24) is 0 Å². The second-order valence-electron chi connectivity index (χ2n) is 4.25. The smallest absolute Gasteiger partial charge is 0.156 e. The van der Waals surface area contributed by atoms with E-state index in [0.717, 1.165) is 49.4 Å². The highest BCUT2D eigenvalue weighted by molar-refractivity contribution is 9.09. The van der Waals surface area contributed by atoms with E-state index >= 15 is 0 Å². The molecule has 0 aliphatic heterocycles. The Labute approximate surface area is 128 Å². The Morgan fingerprint density at radius 2 is 1.50 bits per heavy atom. The third-order valence-corrected chi connectivity index (χ3v) is 3.76. The van der Waals surface area contributed by atoms with Gasteiger partial charge in [0.05, 0.1) is 6.10 Å². The zero-order valence-corrected chi connectivity index (χ0v) is 14.4. The van der Waals surface area contributed by atoms with Gasteiger partial charge in [-0.05, 0) is 32.1 Å². The van der Waals surface area contributed by atoms with Crippen molar-refractivity contribution in [2.45, 2.75) is 57.8 Å². The summed E-state index contributed by atoms with van der Waals surface area (Å²) in [4.78, 5) is 0. The van der Waals surface area contributed by atoms with E-state index in [1.165, 1.54) is 0 Å². The van der Waals surface area contributed by atoms with Crippen LogP contribution in [0.15, 0.2) is 0 Å². The third kappa shape index (κ3) is 11.9. The summed E-state index contributed by atoms with van der Waals surface area (Å²) in [5.41, 5.74) is 0. The highest BCUT2D eigenvalue weighted by atomic mass is 79.9. The molecule has 0 fully saturated rings. The fourth-order valence-electron chi connectivity index (χ4n) is 1.51. The van der Waals surface area contributed by atoms with Crippen molar-refractivity contribution < 1.29 is 14.6 Å². The molecule has 0 aromatic carbocycles. The quantitative estimate of drug-likeness (QED) is 0.295. The molecule has 1 N–H and O–H groups in total. The van der Waals surface area contributed by atoms with Gasteiger partial charge in [-0.1, -0.05) is 38.8 Å². The average Bonchev–Trinajstić information content (AvgIpc) is 2.38. The maximum absolute atomic E-state index is 9.73. The van der Waals surface area contributed by atoms with E-state index < -0.39 is 6.29 Å². The van der Waals surface area contributed by atoms with Crippen LogP contribution >= 0.6 is 31.9 Å². The average molecular weight is 390 g/mol. The summed E-state index contributed by atoms with van der Waals surface area (Å²) in [5.74, 6) is 0. The number of ether oxygens (including phenoxy) is 2. The molecule has 2 unspecified atom stereocenters. The third-order valence-electron chi connectivity index (χ3n) is 2.64. The lowest BCUT2D eigenvalue weighted by molar-refractivity contribution is -0.128. The molecule has 5 heteroatoms. The Balaban J connectivity index is 3.55. The minimum absolute atomic E-state index is 0.103. The highest BCUT2D eigenvalue weighted by Gasteiger charge is 2.13. The summed E-state index contributed by atoms with van der Waals surface area (Å²) in [7, 11) is 0. The number of rotatable bonds is 13. The Hall–Kier alpha value is 0.840. The zero-order chi connectivity index (χ0) is 13.6. The topological polar surface area (TPSA) is 38.7 Å². The van der Waals surface area contributed by atoms with Crippen LogP contribution in [0.5, 0.6) is 0 Å².